The average molecular weight is 323 g/mol. The number of ether oxygens (including phenoxy) is 1. The fraction of sp³-hybridized carbons (Fsp3) is 0.167. The molecule has 0 radical (unpaired) electrons. The second kappa shape index (κ2) is 6.54. The van der Waals surface area contributed by atoms with Gasteiger partial charge in [0.25, 0.3) is 5.91 Å². The van der Waals surface area contributed by atoms with Gasteiger partial charge in [-0.25, -0.2) is 0 Å². The summed E-state index contributed by atoms with van der Waals surface area (Å²) >= 11 is 0. The summed E-state index contributed by atoms with van der Waals surface area (Å²) in [6.07, 6.45) is 0.243. The molecule has 3 aromatic rings. The molecule has 0 aliphatic rings. The van der Waals surface area contributed by atoms with Gasteiger partial charge in [0.1, 0.15) is 0 Å². The summed E-state index contributed by atoms with van der Waals surface area (Å²) in [6.45, 7) is 0.506. The number of carbonyl (C=O) groups excluding carboxylic acids is 2. The molecule has 0 atom stereocenters. The summed E-state index contributed by atoms with van der Waals surface area (Å²) in [5, 5.41) is 5.08. The molecule has 1 aromatic heterocycles. The molecular weight excluding hydrogens is 306 g/mol. The van der Waals surface area contributed by atoms with E-state index in [1.54, 1.807) is 4.68 Å². The van der Waals surface area contributed by atoms with E-state index in [1.165, 1.54) is 7.11 Å². The van der Waals surface area contributed by atoms with E-state index in [2.05, 4.69) is 9.84 Å². The summed E-state index contributed by atoms with van der Waals surface area (Å²) in [4.78, 5) is 22.8. The van der Waals surface area contributed by atoms with E-state index in [0.717, 1.165) is 22.0 Å². The molecule has 3 rings (SSSR count). The number of methoxy groups -OCH3 is 1. The number of para-hydroxylation sites is 1. The van der Waals surface area contributed by atoms with Crippen LogP contribution in [0.5, 0.6) is 0 Å². The van der Waals surface area contributed by atoms with Gasteiger partial charge in [0.15, 0.2) is 5.69 Å². The number of amides is 1. The second-order valence-corrected chi connectivity index (χ2v) is 5.46. The number of hydrogen-bond donors (Lipinski definition) is 1. The number of nitrogens with two attached hydrogens (primary N) is 1. The highest BCUT2D eigenvalue weighted by atomic mass is 16.5. The Hall–Kier alpha value is -3.15. The lowest BCUT2D eigenvalue weighted by Crippen LogP contribution is -2.13. The first-order chi connectivity index (χ1) is 11.6. The Morgan fingerprint density at radius 1 is 1.08 bits per heavy atom. The molecule has 24 heavy (non-hydrogen) atoms. The molecule has 0 saturated carbocycles. The number of aromatic nitrogens is 2. The van der Waals surface area contributed by atoms with Crippen molar-refractivity contribution in [3.05, 3.63) is 65.4 Å². The first-order valence-corrected chi connectivity index (χ1v) is 7.48. The summed E-state index contributed by atoms with van der Waals surface area (Å²) < 4.78 is 6.41. The average Bonchev–Trinajstić information content (AvgIpc) is 2.95. The maximum Gasteiger partial charge on any atom is 0.309 e. The number of hydrogen-bond acceptors (Lipinski definition) is 4. The highest BCUT2D eigenvalue weighted by Gasteiger charge is 2.14. The van der Waals surface area contributed by atoms with Crippen LogP contribution in [-0.4, -0.2) is 28.8 Å². The van der Waals surface area contributed by atoms with Gasteiger partial charge in [-0.3, -0.25) is 14.3 Å². The zero-order valence-corrected chi connectivity index (χ0v) is 13.2. The van der Waals surface area contributed by atoms with Crippen molar-refractivity contribution in [2.75, 3.05) is 7.11 Å². The SMILES string of the molecule is COC(=O)Cc1ccc(Cn2nc(C(N)=O)c3ccccc32)cc1. The Balaban J connectivity index is 1.87. The van der Waals surface area contributed by atoms with E-state index in [0.29, 0.717) is 6.54 Å². The van der Waals surface area contributed by atoms with E-state index in [4.69, 9.17) is 5.73 Å². The van der Waals surface area contributed by atoms with Crippen LogP contribution in [-0.2, 0) is 22.5 Å². The van der Waals surface area contributed by atoms with Crippen molar-refractivity contribution in [2.45, 2.75) is 13.0 Å². The quantitative estimate of drug-likeness (QED) is 0.726. The van der Waals surface area contributed by atoms with Crippen molar-refractivity contribution in [2.24, 2.45) is 5.73 Å². The molecule has 1 amide bonds. The lowest BCUT2D eigenvalue weighted by atomic mass is 10.1. The highest BCUT2D eigenvalue weighted by molar-refractivity contribution is 6.04. The summed E-state index contributed by atoms with van der Waals surface area (Å²) in [5.41, 5.74) is 8.42. The normalized spacial score (nSPS) is 10.7. The standard InChI is InChI=1S/C18H17N3O3/c1-24-16(22)10-12-6-8-13(9-7-12)11-21-15-5-3-2-4-14(15)17(20-21)18(19)23/h2-9H,10-11H2,1H3,(H2,19,23). The van der Waals surface area contributed by atoms with E-state index in [1.807, 2.05) is 48.5 Å². The molecule has 2 aromatic carbocycles. The Labute approximate surface area is 138 Å². The van der Waals surface area contributed by atoms with E-state index >= 15 is 0 Å². The minimum absolute atomic E-state index is 0.243. The van der Waals surface area contributed by atoms with Gasteiger partial charge in [-0.2, -0.15) is 5.10 Å². The molecular formula is C18H17N3O3. The van der Waals surface area contributed by atoms with Crippen molar-refractivity contribution in [3.63, 3.8) is 0 Å². The lowest BCUT2D eigenvalue weighted by Gasteiger charge is -2.05. The Bertz CT molecular complexity index is 898. The Morgan fingerprint density at radius 2 is 1.75 bits per heavy atom. The smallest absolute Gasteiger partial charge is 0.309 e. The Kier molecular flexibility index (Phi) is 4.29. The van der Waals surface area contributed by atoms with E-state index < -0.39 is 5.91 Å². The molecule has 0 bridgehead atoms. The fourth-order valence-corrected chi connectivity index (χ4v) is 2.60. The lowest BCUT2D eigenvalue weighted by molar-refractivity contribution is -0.139. The maximum absolute atomic E-state index is 11.6. The predicted molar refractivity (Wildman–Crippen MR) is 89.5 cm³/mol. The van der Waals surface area contributed by atoms with E-state index in [9.17, 15) is 9.59 Å². The zero-order valence-electron chi connectivity index (χ0n) is 13.2. The third kappa shape index (κ3) is 3.12. The van der Waals surface area contributed by atoms with Gasteiger partial charge in [-0.15, -0.1) is 0 Å². The minimum Gasteiger partial charge on any atom is -0.469 e. The molecule has 122 valence electrons. The topological polar surface area (TPSA) is 87.2 Å². The molecule has 0 fully saturated rings. The summed E-state index contributed by atoms with van der Waals surface area (Å²) in [5.74, 6) is -0.815. The van der Waals surface area contributed by atoms with Crippen LogP contribution in [0.1, 0.15) is 21.6 Å². The van der Waals surface area contributed by atoms with Crippen LogP contribution in [0, 0.1) is 0 Å². The third-order valence-electron chi connectivity index (χ3n) is 3.82. The van der Waals surface area contributed by atoms with Crippen LogP contribution >= 0.6 is 0 Å². The predicted octanol–water partition coefficient (Wildman–Crippen LogP) is 1.90. The maximum atomic E-state index is 11.6. The summed E-state index contributed by atoms with van der Waals surface area (Å²) in [6, 6.07) is 15.1. The number of rotatable bonds is 5. The number of benzene rings is 2. The van der Waals surface area contributed by atoms with Gasteiger partial charge in [0, 0.05) is 5.39 Å². The van der Waals surface area contributed by atoms with Crippen LogP contribution < -0.4 is 5.73 Å². The van der Waals surface area contributed by atoms with Crippen LogP contribution in [0.15, 0.2) is 48.5 Å². The molecule has 6 nitrogen and oxygen atoms in total. The molecule has 0 saturated heterocycles. The van der Waals surface area contributed by atoms with Gasteiger partial charge in [0.05, 0.1) is 25.6 Å². The Morgan fingerprint density at radius 3 is 2.42 bits per heavy atom. The van der Waals surface area contributed by atoms with Gasteiger partial charge < -0.3 is 10.5 Å². The van der Waals surface area contributed by atoms with Crippen LogP contribution in [0.4, 0.5) is 0 Å². The van der Waals surface area contributed by atoms with Crippen LogP contribution in [0.2, 0.25) is 0 Å². The molecule has 0 unspecified atom stereocenters. The molecule has 0 spiro atoms. The number of fused-ring (bicyclic) bond motifs is 1. The van der Waals surface area contributed by atoms with Crippen LogP contribution in [0.25, 0.3) is 10.9 Å². The number of nitrogens with zero attached hydrogens (tertiary/aromatic N) is 2. The zero-order chi connectivity index (χ0) is 17.1. The van der Waals surface area contributed by atoms with Crippen LogP contribution in [0.3, 0.4) is 0 Å². The third-order valence-corrected chi connectivity index (χ3v) is 3.82. The highest BCUT2D eigenvalue weighted by Crippen LogP contribution is 2.19. The van der Waals surface area contributed by atoms with Gasteiger partial charge in [-0.1, -0.05) is 42.5 Å². The minimum atomic E-state index is -0.543. The number of carbonyl (C=O) groups is 2. The van der Waals surface area contributed by atoms with Crippen molar-refractivity contribution < 1.29 is 14.3 Å². The first-order valence-electron chi connectivity index (χ1n) is 7.48. The first kappa shape index (κ1) is 15.7. The van der Waals surface area contributed by atoms with Crippen molar-refractivity contribution in [1.29, 1.82) is 0 Å². The molecule has 0 aliphatic carbocycles. The van der Waals surface area contributed by atoms with E-state index in [-0.39, 0.29) is 18.1 Å². The van der Waals surface area contributed by atoms with Crippen molar-refractivity contribution >= 4 is 22.8 Å². The fourth-order valence-electron chi connectivity index (χ4n) is 2.60. The molecule has 1 heterocycles. The van der Waals surface area contributed by atoms with Gasteiger partial charge >= 0.3 is 5.97 Å². The molecule has 6 heteroatoms. The number of esters is 1. The number of primary amides is 1. The molecule has 0 aliphatic heterocycles. The monoisotopic (exact) mass is 323 g/mol. The second-order valence-electron chi connectivity index (χ2n) is 5.46. The molecule has 2 N–H and O–H groups in total. The largest absolute Gasteiger partial charge is 0.469 e. The summed E-state index contributed by atoms with van der Waals surface area (Å²) in [7, 11) is 1.37. The van der Waals surface area contributed by atoms with Gasteiger partial charge in [0.2, 0.25) is 0 Å². The van der Waals surface area contributed by atoms with Gasteiger partial charge in [-0.05, 0) is 17.2 Å². The van der Waals surface area contributed by atoms with Crippen molar-refractivity contribution in [1.82, 2.24) is 9.78 Å². The van der Waals surface area contributed by atoms with Crippen molar-refractivity contribution in [3.8, 4) is 0 Å².